The highest BCUT2D eigenvalue weighted by Gasteiger charge is 2.41. The molecule has 0 aromatic heterocycles. The molecule has 3 aromatic carbocycles. The zero-order valence-electron chi connectivity index (χ0n) is 22.6. The van der Waals surface area contributed by atoms with Crippen LogP contribution in [0.25, 0.3) is 0 Å². The third-order valence-corrected chi connectivity index (χ3v) is 7.39. The second-order valence-electron chi connectivity index (χ2n) is 10.2. The van der Waals surface area contributed by atoms with E-state index in [0.29, 0.717) is 29.7 Å². The Bertz CT molecular complexity index is 1390. The molecule has 0 unspecified atom stereocenters. The zero-order valence-corrected chi connectivity index (χ0v) is 22.6. The Morgan fingerprint density at radius 1 is 0.872 bits per heavy atom. The summed E-state index contributed by atoms with van der Waals surface area (Å²) in [7, 11) is 3.97. The summed E-state index contributed by atoms with van der Waals surface area (Å²) in [6.45, 7) is 2.23. The quantitative estimate of drug-likeness (QED) is 0.301. The van der Waals surface area contributed by atoms with Gasteiger partial charge in [-0.3, -0.25) is 4.79 Å². The van der Waals surface area contributed by atoms with Crippen molar-refractivity contribution in [3.05, 3.63) is 119 Å². The van der Waals surface area contributed by atoms with Crippen LogP contribution in [0.3, 0.4) is 0 Å². The van der Waals surface area contributed by atoms with Gasteiger partial charge < -0.3 is 19.7 Å². The Labute approximate surface area is 229 Å². The van der Waals surface area contributed by atoms with Gasteiger partial charge in [-0.2, -0.15) is 0 Å². The Morgan fingerprint density at radius 3 is 2.21 bits per heavy atom. The minimum absolute atomic E-state index is 0.0597. The van der Waals surface area contributed by atoms with Crippen molar-refractivity contribution in [3.8, 4) is 5.75 Å². The van der Waals surface area contributed by atoms with Crippen LogP contribution in [0.5, 0.6) is 5.75 Å². The van der Waals surface area contributed by atoms with Crippen LogP contribution >= 0.6 is 0 Å². The van der Waals surface area contributed by atoms with Gasteiger partial charge in [0.2, 0.25) is 0 Å². The summed E-state index contributed by atoms with van der Waals surface area (Å²) in [6.07, 6.45) is 1.12. The smallest absolute Gasteiger partial charge is 0.336 e. The molecule has 39 heavy (non-hydrogen) atoms. The first-order valence-electron chi connectivity index (χ1n) is 13.3. The van der Waals surface area contributed by atoms with E-state index in [-0.39, 0.29) is 24.9 Å². The lowest BCUT2D eigenvalue weighted by atomic mass is 9.71. The fourth-order valence-corrected chi connectivity index (χ4v) is 5.46. The maximum absolute atomic E-state index is 13.8. The van der Waals surface area contributed by atoms with Gasteiger partial charge in [-0.15, -0.1) is 0 Å². The van der Waals surface area contributed by atoms with Crippen LogP contribution in [0.15, 0.2) is 107 Å². The first kappa shape index (κ1) is 26.3. The molecule has 0 amide bonds. The number of hydrogen-bond donors (Lipinski definition) is 1. The number of benzene rings is 3. The highest BCUT2D eigenvalue weighted by Crippen LogP contribution is 2.45. The Morgan fingerprint density at radius 2 is 1.54 bits per heavy atom. The van der Waals surface area contributed by atoms with Gasteiger partial charge in [-0.05, 0) is 54.7 Å². The van der Waals surface area contributed by atoms with E-state index in [9.17, 15) is 9.59 Å². The average molecular weight is 523 g/mol. The largest absolute Gasteiger partial charge is 0.490 e. The lowest BCUT2D eigenvalue weighted by Crippen LogP contribution is -2.36. The van der Waals surface area contributed by atoms with Crippen LogP contribution in [0.4, 0.5) is 5.69 Å². The SMILES string of the molecule is CC1=C(C(=O)OCCOc2ccccc2)[C@@H](c2ccc(N(C)C)cc2)C2=C(C[C@@H](c3ccccc3)CC2=O)N1. The van der Waals surface area contributed by atoms with Crippen molar-refractivity contribution in [2.75, 3.05) is 32.2 Å². The summed E-state index contributed by atoms with van der Waals surface area (Å²) in [5, 5.41) is 3.42. The summed E-state index contributed by atoms with van der Waals surface area (Å²) in [6, 6.07) is 27.6. The summed E-state index contributed by atoms with van der Waals surface area (Å²) in [5.41, 5.74) is 5.83. The molecule has 0 saturated heterocycles. The summed E-state index contributed by atoms with van der Waals surface area (Å²) in [5.74, 6) is -0.0625. The number of anilines is 1. The van der Waals surface area contributed by atoms with Gasteiger partial charge in [0.25, 0.3) is 0 Å². The molecule has 0 spiro atoms. The first-order chi connectivity index (χ1) is 18.9. The van der Waals surface area contributed by atoms with E-state index < -0.39 is 11.9 Å². The van der Waals surface area contributed by atoms with E-state index in [0.717, 1.165) is 28.3 Å². The van der Waals surface area contributed by atoms with E-state index in [1.165, 1.54) is 0 Å². The number of ketones is 1. The number of para-hydroxylation sites is 1. The molecule has 3 aromatic rings. The molecule has 5 rings (SSSR count). The second-order valence-corrected chi connectivity index (χ2v) is 10.2. The van der Waals surface area contributed by atoms with Crippen molar-refractivity contribution in [1.82, 2.24) is 5.32 Å². The first-order valence-corrected chi connectivity index (χ1v) is 13.3. The van der Waals surface area contributed by atoms with Crippen molar-refractivity contribution in [1.29, 1.82) is 0 Å². The van der Waals surface area contributed by atoms with Crippen LogP contribution in [-0.2, 0) is 14.3 Å². The predicted molar refractivity (Wildman–Crippen MR) is 153 cm³/mol. The van der Waals surface area contributed by atoms with Crippen molar-refractivity contribution in [3.63, 3.8) is 0 Å². The number of dihydropyridines is 1. The van der Waals surface area contributed by atoms with Gasteiger partial charge in [-0.1, -0.05) is 60.7 Å². The highest BCUT2D eigenvalue weighted by molar-refractivity contribution is 6.04. The minimum Gasteiger partial charge on any atom is -0.490 e. The highest BCUT2D eigenvalue weighted by atomic mass is 16.6. The predicted octanol–water partition coefficient (Wildman–Crippen LogP) is 5.74. The van der Waals surface area contributed by atoms with Crippen molar-refractivity contribution < 1.29 is 19.1 Å². The molecular weight excluding hydrogens is 488 g/mol. The van der Waals surface area contributed by atoms with Crippen LogP contribution < -0.4 is 15.0 Å². The molecule has 2 atom stereocenters. The van der Waals surface area contributed by atoms with E-state index in [1.54, 1.807) is 0 Å². The molecule has 0 fully saturated rings. The molecular formula is C33H34N2O4. The number of carbonyl (C=O) groups excluding carboxylic acids is 2. The molecule has 0 radical (unpaired) electrons. The minimum atomic E-state index is -0.496. The van der Waals surface area contributed by atoms with Gasteiger partial charge in [0.05, 0.1) is 5.57 Å². The number of carbonyl (C=O) groups is 2. The van der Waals surface area contributed by atoms with Gasteiger partial charge in [-0.25, -0.2) is 4.79 Å². The standard InChI is InChI=1S/C33H34N2O4/c1-22-30(33(37)39-19-18-38-27-12-8-5-9-13-27)31(24-14-16-26(17-15-24)35(2)3)32-28(34-22)20-25(21-29(32)36)23-10-6-4-7-11-23/h4-17,25,31,34H,18-21H2,1-3H3/t25-,31-/m1/s1. The number of allylic oxidation sites excluding steroid dienone is 3. The van der Waals surface area contributed by atoms with Crippen LogP contribution in [0.2, 0.25) is 0 Å². The topological polar surface area (TPSA) is 67.9 Å². The lowest BCUT2D eigenvalue weighted by molar-refractivity contribution is -0.140. The molecule has 1 aliphatic carbocycles. The number of hydrogen-bond acceptors (Lipinski definition) is 6. The third kappa shape index (κ3) is 5.75. The van der Waals surface area contributed by atoms with Gasteiger partial charge in [0.1, 0.15) is 19.0 Å². The van der Waals surface area contributed by atoms with Gasteiger partial charge in [0.15, 0.2) is 5.78 Å². The molecule has 2 aliphatic rings. The Hall–Kier alpha value is -4.32. The number of nitrogens with one attached hydrogen (secondary N) is 1. The zero-order chi connectivity index (χ0) is 27.4. The van der Waals surface area contributed by atoms with E-state index in [1.807, 2.05) is 98.7 Å². The van der Waals surface area contributed by atoms with Gasteiger partial charge in [0, 0.05) is 49.1 Å². The molecule has 1 N–H and O–H groups in total. The molecule has 1 aliphatic heterocycles. The molecule has 0 saturated carbocycles. The van der Waals surface area contributed by atoms with Crippen molar-refractivity contribution >= 4 is 17.4 Å². The summed E-state index contributed by atoms with van der Waals surface area (Å²) in [4.78, 5) is 29.3. The van der Waals surface area contributed by atoms with Crippen molar-refractivity contribution in [2.24, 2.45) is 0 Å². The summed E-state index contributed by atoms with van der Waals surface area (Å²) >= 11 is 0. The Kier molecular flexibility index (Phi) is 7.82. The maximum atomic E-state index is 13.8. The lowest BCUT2D eigenvalue weighted by Gasteiger charge is -2.36. The fourth-order valence-electron chi connectivity index (χ4n) is 5.46. The van der Waals surface area contributed by atoms with Crippen LogP contribution in [0.1, 0.15) is 42.7 Å². The fraction of sp³-hybridized carbons (Fsp3) is 0.273. The third-order valence-electron chi connectivity index (χ3n) is 7.39. The van der Waals surface area contributed by atoms with E-state index >= 15 is 0 Å². The molecule has 200 valence electrons. The van der Waals surface area contributed by atoms with E-state index in [2.05, 4.69) is 17.4 Å². The second kappa shape index (κ2) is 11.6. The molecule has 0 bridgehead atoms. The number of ether oxygens (including phenoxy) is 2. The van der Waals surface area contributed by atoms with Crippen molar-refractivity contribution in [2.45, 2.75) is 31.6 Å². The van der Waals surface area contributed by atoms with Crippen LogP contribution in [-0.4, -0.2) is 39.1 Å². The molecule has 1 heterocycles. The summed E-state index contributed by atoms with van der Waals surface area (Å²) < 4.78 is 11.4. The van der Waals surface area contributed by atoms with Gasteiger partial charge >= 0.3 is 5.97 Å². The number of rotatable bonds is 8. The molecule has 6 nitrogen and oxygen atoms in total. The normalized spacial score (nSPS) is 18.8. The monoisotopic (exact) mass is 522 g/mol. The number of Topliss-reactive ketones (excluding diaryl/α,β-unsaturated/α-hetero) is 1. The molecule has 6 heteroatoms. The number of esters is 1. The maximum Gasteiger partial charge on any atom is 0.336 e. The van der Waals surface area contributed by atoms with E-state index in [4.69, 9.17) is 9.47 Å². The van der Waals surface area contributed by atoms with Crippen LogP contribution in [0, 0.1) is 0 Å². The number of nitrogens with zero attached hydrogens (tertiary/aromatic N) is 1. The average Bonchev–Trinajstić information content (AvgIpc) is 2.95. The Balaban J connectivity index is 1.43.